The molecule has 1 N–H and O–H groups in total. The third-order valence-electron chi connectivity index (χ3n) is 4.14. The molecule has 0 saturated carbocycles. The number of carbonyl (C=O) groups is 1. The Morgan fingerprint density at radius 1 is 0.957 bits per heavy atom. The first-order valence-corrected chi connectivity index (χ1v) is 8.24. The Morgan fingerprint density at radius 2 is 1.48 bits per heavy atom. The maximum atomic E-state index is 11.8. The van der Waals surface area contributed by atoms with E-state index in [4.69, 9.17) is 4.74 Å². The van der Waals surface area contributed by atoms with Crippen molar-refractivity contribution in [3.8, 4) is 0 Å². The number of carbonyl (C=O) groups excluding carboxylic acids is 1. The lowest BCUT2D eigenvalue weighted by molar-refractivity contribution is 0.150. The maximum Gasteiger partial charge on any atom is 0.407 e. The van der Waals surface area contributed by atoms with Crippen LogP contribution < -0.4 is 5.32 Å². The first kappa shape index (κ1) is 17.1. The molecule has 0 aromatic heterocycles. The summed E-state index contributed by atoms with van der Waals surface area (Å²) in [6.45, 7) is 4.88. The van der Waals surface area contributed by atoms with Crippen molar-refractivity contribution < 1.29 is 9.53 Å². The van der Waals surface area contributed by atoms with Gasteiger partial charge in [0, 0.05) is 12.0 Å². The van der Waals surface area contributed by atoms with Gasteiger partial charge in [0.2, 0.25) is 0 Å². The molecule has 3 nitrogen and oxygen atoms in total. The van der Waals surface area contributed by atoms with Crippen molar-refractivity contribution in [2.45, 2.75) is 32.1 Å². The third-order valence-corrected chi connectivity index (χ3v) is 4.14. The summed E-state index contributed by atoms with van der Waals surface area (Å²) in [5, 5.41) is 2.95. The van der Waals surface area contributed by atoms with Crippen molar-refractivity contribution in [2.24, 2.45) is 0 Å². The third kappa shape index (κ3) is 4.13. The highest BCUT2D eigenvalue weighted by molar-refractivity contribution is 5.67. The Kier molecular flexibility index (Phi) is 6.21. The first-order chi connectivity index (χ1) is 11.2. The summed E-state index contributed by atoms with van der Waals surface area (Å²) in [6, 6.07) is 20.8. The molecule has 2 aromatic rings. The van der Waals surface area contributed by atoms with Gasteiger partial charge in [-0.25, -0.2) is 4.79 Å². The zero-order valence-corrected chi connectivity index (χ0v) is 13.9. The number of hydrogen-bond acceptors (Lipinski definition) is 2. The second-order valence-electron chi connectivity index (χ2n) is 5.64. The number of benzene rings is 2. The number of amides is 1. The SMILES string of the molecule is CCCC(CNC(=O)OCC)(c1ccccc1)c1ccccc1. The highest BCUT2D eigenvalue weighted by Crippen LogP contribution is 2.36. The van der Waals surface area contributed by atoms with Crippen molar-refractivity contribution in [3.05, 3.63) is 71.8 Å². The molecule has 0 unspecified atom stereocenters. The molecule has 0 aliphatic rings. The minimum absolute atomic E-state index is 0.246. The quantitative estimate of drug-likeness (QED) is 0.816. The summed E-state index contributed by atoms with van der Waals surface area (Å²) in [4.78, 5) is 11.8. The van der Waals surface area contributed by atoms with E-state index >= 15 is 0 Å². The fourth-order valence-electron chi connectivity index (χ4n) is 3.09. The van der Waals surface area contributed by atoms with Crippen molar-refractivity contribution in [1.29, 1.82) is 0 Å². The Morgan fingerprint density at radius 3 is 1.91 bits per heavy atom. The van der Waals surface area contributed by atoms with Gasteiger partial charge in [-0.15, -0.1) is 0 Å². The fourth-order valence-corrected chi connectivity index (χ4v) is 3.09. The van der Waals surface area contributed by atoms with E-state index in [1.54, 1.807) is 0 Å². The summed E-state index contributed by atoms with van der Waals surface area (Å²) >= 11 is 0. The summed E-state index contributed by atoms with van der Waals surface area (Å²) in [5.74, 6) is 0. The molecule has 1 amide bonds. The van der Waals surface area contributed by atoms with Gasteiger partial charge in [-0.3, -0.25) is 0 Å². The number of alkyl carbamates (subject to hydrolysis) is 1. The molecule has 0 spiro atoms. The highest BCUT2D eigenvalue weighted by Gasteiger charge is 2.33. The van der Waals surface area contributed by atoms with Gasteiger partial charge < -0.3 is 10.1 Å². The Balaban J connectivity index is 2.41. The molecule has 2 rings (SSSR count). The monoisotopic (exact) mass is 311 g/mol. The zero-order valence-electron chi connectivity index (χ0n) is 13.9. The maximum absolute atomic E-state index is 11.8. The summed E-state index contributed by atoms with van der Waals surface area (Å²) < 4.78 is 5.04. The van der Waals surface area contributed by atoms with Crippen LogP contribution in [0.1, 0.15) is 37.8 Å². The molecule has 0 bridgehead atoms. The largest absolute Gasteiger partial charge is 0.450 e. The van der Waals surface area contributed by atoms with E-state index in [1.165, 1.54) is 11.1 Å². The molecule has 0 aliphatic heterocycles. The second-order valence-corrected chi connectivity index (χ2v) is 5.64. The average molecular weight is 311 g/mol. The predicted molar refractivity (Wildman–Crippen MR) is 93.6 cm³/mol. The number of ether oxygens (including phenoxy) is 1. The van der Waals surface area contributed by atoms with Crippen LogP contribution in [0.25, 0.3) is 0 Å². The van der Waals surface area contributed by atoms with Gasteiger partial charge >= 0.3 is 6.09 Å². The minimum atomic E-state index is -0.361. The van der Waals surface area contributed by atoms with E-state index < -0.39 is 0 Å². The zero-order chi connectivity index (χ0) is 16.5. The summed E-state index contributed by atoms with van der Waals surface area (Å²) in [5.41, 5.74) is 2.18. The lowest BCUT2D eigenvalue weighted by atomic mass is 9.71. The van der Waals surface area contributed by atoms with E-state index in [2.05, 4.69) is 36.5 Å². The van der Waals surface area contributed by atoms with Crippen LogP contribution in [-0.2, 0) is 10.2 Å². The number of nitrogens with one attached hydrogen (secondary N) is 1. The standard InChI is InChI=1S/C20H25NO2/c1-3-15-20(16-21-19(22)23-4-2,17-11-7-5-8-12-17)18-13-9-6-10-14-18/h5-14H,3-4,15-16H2,1-2H3,(H,21,22). The number of hydrogen-bond donors (Lipinski definition) is 1. The van der Waals surface area contributed by atoms with Crippen LogP contribution in [0, 0.1) is 0 Å². The van der Waals surface area contributed by atoms with Crippen molar-refractivity contribution in [1.82, 2.24) is 5.32 Å². The van der Waals surface area contributed by atoms with Gasteiger partial charge in [-0.2, -0.15) is 0 Å². The molecule has 0 radical (unpaired) electrons. The van der Waals surface area contributed by atoms with E-state index in [1.807, 2.05) is 43.3 Å². The molecule has 0 fully saturated rings. The van der Waals surface area contributed by atoms with Crippen LogP contribution in [0.2, 0.25) is 0 Å². The van der Waals surface area contributed by atoms with Crippen LogP contribution >= 0.6 is 0 Å². The molecule has 3 heteroatoms. The molecule has 23 heavy (non-hydrogen) atoms. The van der Waals surface area contributed by atoms with Gasteiger partial charge in [0.1, 0.15) is 0 Å². The van der Waals surface area contributed by atoms with Crippen LogP contribution in [-0.4, -0.2) is 19.2 Å². The Hall–Kier alpha value is -2.29. The lowest BCUT2D eigenvalue weighted by Crippen LogP contribution is -2.42. The molecule has 0 aliphatic carbocycles. The molecule has 122 valence electrons. The van der Waals surface area contributed by atoms with Crippen molar-refractivity contribution in [3.63, 3.8) is 0 Å². The smallest absolute Gasteiger partial charge is 0.407 e. The summed E-state index contributed by atoms with van der Waals surface area (Å²) in [7, 11) is 0. The first-order valence-electron chi connectivity index (χ1n) is 8.24. The molecular weight excluding hydrogens is 286 g/mol. The van der Waals surface area contributed by atoms with E-state index in [-0.39, 0.29) is 11.5 Å². The normalized spacial score (nSPS) is 11.0. The van der Waals surface area contributed by atoms with Crippen LogP contribution in [0.4, 0.5) is 4.79 Å². The second kappa shape index (κ2) is 8.37. The topological polar surface area (TPSA) is 38.3 Å². The summed E-state index contributed by atoms with van der Waals surface area (Å²) in [6.07, 6.45) is 1.61. The van der Waals surface area contributed by atoms with Crippen LogP contribution in [0.5, 0.6) is 0 Å². The van der Waals surface area contributed by atoms with Crippen molar-refractivity contribution >= 4 is 6.09 Å². The van der Waals surface area contributed by atoms with Crippen LogP contribution in [0.3, 0.4) is 0 Å². The van der Waals surface area contributed by atoms with Gasteiger partial charge in [-0.1, -0.05) is 74.0 Å². The van der Waals surface area contributed by atoms with Gasteiger partial charge in [0.25, 0.3) is 0 Å². The van der Waals surface area contributed by atoms with E-state index in [9.17, 15) is 4.79 Å². The van der Waals surface area contributed by atoms with Crippen LogP contribution in [0.15, 0.2) is 60.7 Å². The Labute approximate surface area is 138 Å². The average Bonchev–Trinajstić information content (AvgIpc) is 2.60. The highest BCUT2D eigenvalue weighted by atomic mass is 16.5. The van der Waals surface area contributed by atoms with Gasteiger partial charge in [-0.05, 0) is 24.5 Å². The van der Waals surface area contributed by atoms with Gasteiger partial charge in [0.15, 0.2) is 0 Å². The Bertz CT molecular complexity index is 556. The minimum Gasteiger partial charge on any atom is -0.450 e. The molecule has 0 atom stereocenters. The number of rotatable bonds is 7. The molecule has 0 heterocycles. The van der Waals surface area contributed by atoms with Gasteiger partial charge in [0.05, 0.1) is 6.61 Å². The fraction of sp³-hybridized carbons (Fsp3) is 0.350. The molecule has 0 saturated heterocycles. The predicted octanol–water partition coefficient (Wildman–Crippen LogP) is 4.52. The van der Waals surface area contributed by atoms with E-state index in [0.29, 0.717) is 13.2 Å². The molecular formula is C20H25NO2. The lowest BCUT2D eigenvalue weighted by Gasteiger charge is -2.35. The molecule has 2 aromatic carbocycles. The van der Waals surface area contributed by atoms with Crippen molar-refractivity contribution in [2.75, 3.05) is 13.2 Å². The van der Waals surface area contributed by atoms with E-state index in [0.717, 1.165) is 12.8 Å².